The van der Waals surface area contributed by atoms with Crippen LogP contribution in [0.3, 0.4) is 0 Å². The van der Waals surface area contributed by atoms with Gasteiger partial charge in [0.05, 0.1) is 9.82 Å². The average Bonchev–Trinajstić information content (AvgIpc) is 3.50. The maximum absolute atomic E-state index is 12.6. The number of benzene rings is 2. The van der Waals surface area contributed by atoms with Crippen LogP contribution in [0.1, 0.15) is 35.7 Å². The summed E-state index contributed by atoms with van der Waals surface area (Å²) >= 11 is 0. The van der Waals surface area contributed by atoms with Gasteiger partial charge in [0.15, 0.2) is 0 Å². The number of hydrogen-bond acceptors (Lipinski definition) is 5. The van der Waals surface area contributed by atoms with Crippen molar-refractivity contribution in [3.8, 4) is 0 Å². The maximum Gasteiger partial charge on any atom is 0.273 e. The summed E-state index contributed by atoms with van der Waals surface area (Å²) < 4.78 is 27.6. The van der Waals surface area contributed by atoms with Crippen LogP contribution in [0.2, 0.25) is 0 Å². The molecule has 0 heterocycles. The lowest BCUT2D eigenvalue weighted by molar-refractivity contribution is -0.385. The molecule has 0 aromatic heterocycles. The standard InChI is InChI=1S/C20H23N3O5S/c1-3-22(13-15-5-6-15)20(24)16-7-9-17(10-8-16)21-29(27,28)18-11-4-14(2)19(12-18)23(25)26/h4,7-12,15,21H,3,5-6,13H2,1-2H3. The molecule has 0 unspecified atom stereocenters. The van der Waals surface area contributed by atoms with Crippen molar-refractivity contribution in [1.82, 2.24) is 4.90 Å². The molecule has 8 nitrogen and oxygen atoms in total. The van der Waals surface area contributed by atoms with Gasteiger partial charge >= 0.3 is 0 Å². The smallest absolute Gasteiger partial charge is 0.273 e. The lowest BCUT2D eigenvalue weighted by atomic mass is 10.1. The van der Waals surface area contributed by atoms with Crippen molar-refractivity contribution in [2.45, 2.75) is 31.6 Å². The quantitative estimate of drug-likeness (QED) is 0.521. The molecule has 2 aromatic carbocycles. The Kier molecular flexibility index (Phi) is 5.88. The molecule has 0 bridgehead atoms. The summed E-state index contributed by atoms with van der Waals surface area (Å²) in [6, 6.07) is 9.93. The van der Waals surface area contributed by atoms with Crippen LogP contribution in [0.5, 0.6) is 0 Å². The van der Waals surface area contributed by atoms with Gasteiger partial charge in [0.25, 0.3) is 21.6 Å². The van der Waals surface area contributed by atoms with E-state index in [1.54, 1.807) is 24.0 Å². The van der Waals surface area contributed by atoms with Crippen LogP contribution in [0.25, 0.3) is 0 Å². The zero-order valence-corrected chi connectivity index (χ0v) is 17.1. The van der Waals surface area contributed by atoms with Crippen LogP contribution in [-0.4, -0.2) is 37.2 Å². The van der Waals surface area contributed by atoms with Crippen LogP contribution in [0.4, 0.5) is 11.4 Å². The number of hydrogen-bond donors (Lipinski definition) is 1. The average molecular weight is 417 g/mol. The Balaban J connectivity index is 1.75. The summed E-state index contributed by atoms with van der Waals surface area (Å²) in [5.41, 5.74) is 0.879. The number of rotatable bonds is 8. The summed E-state index contributed by atoms with van der Waals surface area (Å²) in [6.07, 6.45) is 2.31. The molecule has 2 aromatic rings. The van der Waals surface area contributed by atoms with Crippen molar-refractivity contribution >= 4 is 27.3 Å². The van der Waals surface area contributed by atoms with Crippen molar-refractivity contribution in [2.24, 2.45) is 5.92 Å². The van der Waals surface area contributed by atoms with Gasteiger partial charge in [-0.15, -0.1) is 0 Å². The number of aryl methyl sites for hydroxylation is 1. The Labute approximate surface area is 169 Å². The highest BCUT2D eigenvalue weighted by molar-refractivity contribution is 7.92. The Morgan fingerprint density at radius 1 is 1.21 bits per heavy atom. The molecule has 0 saturated heterocycles. The SMILES string of the molecule is CCN(CC1CC1)C(=O)c1ccc(NS(=O)(=O)c2ccc(C)c([N+](=O)[O-])c2)cc1. The monoisotopic (exact) mass is 417 g/mol. The van der Waals surface area contributed by atoms with Crippen molar-refractivity contribution in [3.63, 3.8) is 0 Å². The topological polar surface area (TPSA) is 110 Å². The fourth-order valence-corrected chi connectivity index (χ4v) is 4.08. The number of carbonyl (C=O) groups excluding carboxylic acids is 1. The summed E-state index contributed by atoms with van der Waals surface area (Å²) in [6.45, 7) is 4.84. The minimum atomic E-state index is -4.00. The van der Waals surface area contributed by atoms with Crippen molar-refractivity contribution < 1.29 is 18.1 Å². The van der Waals surface area contributed by atoms with E-state index in [9.17, 15) is 23.3 Å². The van der Waals surface area contributed by atoms with E-state index in [2.05, 4.69) is 4.72 Å². The number of nitrogens with one attached hydrogen (secondary N) is 1. The van der Waals surface area contributed by atoms with Gasteiger partial charge < -0.3 is 4.90 Å². The van der Waals surface area contributed by atoms with Crippen LogP contribution in [0, 0.1) is 23.0 Å². The summed E-state index contributed by atoms with van der Waals surface area (Å²) in [5.74, 6) is 0.506. The summed E-state index contributed by atoms with van der Waals surface area (Å²) in [7, 11) is -4.00. The lowest BCUT2D eigenvalue weighted by Gasteiger charge is -2.21. The highest BCUT2D eigenvalue weighted by Crippen LogP contribution is 2.30. The number of sulfonamides is 1. The summed E-state index contributed by atoms with van der Waals surface area (Å²) in [5, 5.41) is 11.1. The number of amides is 1. The lowest BCUT2D eigenvalue weighted by Crippen LogP contribution is -2.32. The molecule has 3 rings (SSSR count). The molecule has 1 amide bonds. The molecule has 0 atom stereocenters. The number of nitro benzene ring substituents is 1. The first-order valence-electron chi connectivity index (χ1n) is 9.38. The molecular weight excluding hydrogens is 394 g/mol. The van der Waals surface area contributed by atoms with E-state index in [0.717, 1.165) is 25.5 Å². The molecule has 9 heteroatoms. The molecular formula is C20H23N3O5S. The van der Waals surface area contributed by atoms with Crippen molar-refractivity contribution in [1.29, 1.82) is 0 Å². The Bertz CT molecular complexity index is 1030. The zero-order valence-electron chi connectivity index (χ0n) is 16.3. The Hall–Kier alpha value is -2.94. The van der Waals surface area contributed by atoms with E-state index in [-0.39, 0.29) is 22.2 Å². The number of nitrogens with zero attached hydrogens (tertiary/aromatic N) is 2. The highest BCUT2D eigenvalue weighted by atomic mass is 32.2. The first-order chi connectivity index (χ1) is 13.7. The summed E-state index contributed by atoms with van der Waals surface area (Å²) in [4.78, 5) is 24.7. The second-order valence-corrected chi connectivity index (χ2v) is 8.86. The second-order valence-electron chi connectivity index (χ2n) is 7.18. The van der Waals surface area contributed by atoms with Crippen LogP contribution >= 0.6 is 0 Å². The zero-order chi connectivity index (χ0) is 21.2. The van der Waals surface area contributed by atoms with Crippen molar-refractivity contribution in [2.75, 3.05) is 17.8 Å². The van der Waals surface area contributed by atoms with E-state index in [0.29, 0.717) is 23.6 Å². The van der Waals surface area contributed by atoms with Gasteiger partial charge in [-0.05, 0) is 62.9 Å². The van der Waals surface area contributed by atoms with Gasteiger partial charge in [0, 0.05) is 36.0 Å². The minimum absolute atomic E-state index is 0.0806. The molecule has 0 aliphatic heterocycles. The van der Waals surface area contributed by atoms with Gasteiger partial charge in [-0.3, -0.25) is 19.6 Å². The van der Waals surface area contributed by atoms with Crippen LogP contribution in [0.15, 0.2) is 47.4 Å². The third-order valence-electron chi connectivity index (χ3n) is 4.92. The molecule has 1 N–H and O–H groups in total. The van der Waals surface area contributed by atoms with E-state index in [1.165, 1.54) is 24.3 Å². The first kappa shape index (κ1) is 20.8. The largest absolute Gasteiger partial charge is 0.339 e. The van der Waals surface area contributed by atoms with E-state index in [4.69, 9.17) is 0 Å². The van der Waals surface area contributed by atoms with Crippen LogP contribution in [-0.2, 0) is 10.0 Å². The molecule has 0 radical (unpaired) electrons. The maximum atomic E-state index is 12.6. The van der Waals surface area contributed by atoms with Crippen molar-refractivity contribution in [3.05, 3.63) is 63.7 Å². The van der Waals surface area contributed by atoms with Gasteiger partial charge in [-0.1, -0.05) is 6.07 Å². The highest BCUT2D eigenvalue weighted by Gasteiger charge is 2.26. The number of anilines is 1. The third-order valence-corrected chi connectivity index (χ3v) is 6.30. The van der Waals surface area contributed by atoms with Crippen LogP contribution < -0.4 is 4.72 Å². The van der Waals surface area contributed by atoms with E-state index < -0.39 is 14.9 Å². The molecule has 29 heavy (non-hydrogen) atoms. The van der Waals surface area contributed by atoms with Gasteiger partial charge in [0.2, 0.25) is 0 Å². The second kappa shape index (κ2) is 8.20. The van der Waals surface area contributed by atoms with E-state index in [1.807, 2.05) is 6.92 Å². The molecule has 1 aliphatic rings. The molecule has 1 saturated carbocycles. The Morgan fingerprint density at radius 3 is 2.41 bits per heavy atom. The molecule has 1 fully saturated rings. The van der Waals surface area contributed by atoms with Gasteiger partial charge in [-0.2, -0.15) is 0 Å². The molecule has 0 spiro atoms. The molecule has 154 valence electrons. The van der Waals surface area contributed by atoms with E-state index >= 15 is 0 Å². The number of carbonyl (C=O) groups is 1. The fourth-order valence-electron chi connectivity index (χ4n) is 3.00. The molecule has 1 aliphatic carbocycles. The Morgan fingerprint density at radius 2 is 1.86 bits per heavy atom. The van der Waals surface area contributed by atoms with Gasteiger partial charge in [-0.25, -0.2) is 8.42 Å². The number of nitro groups is 1. The predicted molar refractivity (Wildman–Crippen MR) is 109 cm³/mol. The first-order valence-corrected chi connectivity index (χ1v) is 10.9. The third kappa shape index (κ3) is 4.92. The van der Waals surface area contributed by atoms with Gasteiger partial charge in [0.1, 0.15) is 0 Å². The normalized spacial score (nSPS) is 13.7. The minimum Gasteiger partial charge on any atom is -0.339 e. The predicted octanol–water partition coefficient (Wildman–Crippen LogP) is 3.58. The fraction of sp³-hybridized carbons (Fsp3) is 0.350.